The zero-order valence-electron chi connectivity index (χ0n) is 21.5. The van der Waals surface area contributed by atoms with Crippen LogP contribution in [0.15, 0.2) is 115 Å². The molecule has 0 spiro atoms. The Morgan fingerprint density at radius 2 is 1.18 bits per heavy atom. The minimum absolute atomic E-state index is 0.337. The Morgan fingerprint density at radius 1 is 0.769 bits per heavy atom. The highest BCUT2D eigenvalue weighted by atomic mass is 32.2. The molecule has 0 amide bonds. The first kappa shape index (κ1) is 28.5. The number of rotatable bonds is 6. The summed E-state index contributed by atoms with van der Waals surface area (Å²) >= 11 is 0. The molecule has 4 aromatic rings. The van der Waals surface area contributed by atoms with Crippen molar-refractivity contribution in [3.8, 4) is 0 Å². The van der Waals surface area contributed by atoms with Gasteiger partial charge in [0.15, 0.2) is 10.1 Å². The summed E-state index contributed by atoms with van der Waals surface area (Å²) in [5.41, 5.74) is 1.40. The molecule has 1 saturated heterocycles. The number of nitrogens with zero attached hydrogens (tertiary/aromatic N) is 1. The summed E-state index contributed by atoms with van der Waals surface area (Å²) in [4.78, 5) is 0. The van der Waals surface area contributed by atoms with E-state index < -0.39 is 15.6 Å². The lowest BCUT2D eigenvalue weighted by Gasteiger charge is -2.55. The molecule has 1 aliphatic heterocycles. The van der Waals surface area contributed by atoms with E-state index in [-0.39, 0.29) is 0 Å². The molecule has 0 unspecified atom stereocenters. The maximum Gasteiger partial charge on any atom is 0.485 e. The molecule has 0 aromatic heterocycles. The van der Waals surface area contributed by atoms with Crippen molar-refractivity contribution in [2.75, 3.05) is 13.1 Å². The highest BCUT2D eigenvalue weighted by Gasteiger charge is 2.51. The molecular formula is C31H30F3NO3S. The van der Waals surface area contributed by atoms with E-state index in [4.69, 9.17) is 13.0 Å². The second kappa shape index (κ2) is 11.7. The molecule has 204 valence electrons. The normalized spacial score (nSPS) is 19.1. The number of hydrogen-bond acceptors (Lipinski definition) is 3. The van der Waals surface area contributed by atoms with Gasteiger partial charge < -0.3 is 9.04 Å². The van der Waals surface area contributed by atoms with E-state index in [1.807, 2.05) is 0 Å². The first-order valence-electron chi connectivity index (χ1n) is 12.6. The number of aryl methyl sites for hydroxylation is 1. The van der Waals surface area contributed by atoms with Crippen molar-refractivity contribution in [1.82, 2.24) is 0 Å². The Bertz CT molecular complexity index is 1400. The van der Waals surface area contributed by atoms with Gasteiger partial charge in [-0.1, -0.05) is 121 Å². The number of likely N-dealkylation sites (tertiary alicyclic amines) is 1. The molecule has 1 heterocycles. The van der Waals surface area contributed by atoms with Crippen molar-refractivity contribution < 1.29 is 30.6 Å². The topological polar surface area (TPSA) is 57.2 Å². The monoisotopic (exact) mass is 553 g/mol. The number of hydrogen-bond donors (Lipinski definition) is 0. The molecule has 1 fully saturated rings. The maximum absolute atomic E-state index is 10.7. The third-order valence-corrected chi connectivity index (χ3v) is 7.69. The van der Waals surface area contributed by atoms with Gasteiger partial charge in [0.2, 0.25) is 0 Å². The van der Waals surface area contributed by atoms with Crippen molar-refractivity contribution in [1.29, 1.82) is 0 Å². The van der Waals surface area contributed by atoms with Crippen LogP contribution in [0, 0.1) is 6.92 Å². The molecule has 4 nitrogen and oxygen atoms in total. The maximum atomic E-state index is 10.7. The zero-order valence-corrected chi connectivity index (χ0v) is 22.3. The quantitative estimate of drug-likeness (QED) is 0.148. The molecule has 0 bridgehead atoms. The van der Waals surface area contributed by atoms with E-state index in [0.717, 1.165) is 24.1 Å². The Hall–Kier alpha value is -3.46. The van der Waals surface area contributed by atoms with Gasteiger partial charge in [-0.2, -0.15) is 13.2 Å². The van der Waals surface area contributed by atoms with Crippen LogP contribution in [0.5, 0.6) is 0 Å². The molecule has 0 aliphatic carbocycles. The highest BCUT2D eigenvalue weighted by Crippen LogP contribution is 2.47. The van der Waals surface area contributed by atoms with Gasteiger partial charge in [0.05, 0.1) is 19.0 Å². The molecule has 8 heteroatoms. The standard InChI is InChI=1S/C30H30N.CHF3O3S/c1-24-17-19-26(20-18-24)29-22-31(23-29,21-25-11-5-2-6-12-25)30(27-13-7-3-8-14-27)28-15-9-4-10-16-28;2-1(3,4)8(5,6)7/h2-20,29-30H,21-23H2,1H3;(H,5,6,7)/q+1;/p-1. The molecule has 5 rings (SSSR count). The fourth-order valence-corrected chi connectivity index (χ4v) is 5.35. The zero-order chi connectivity index (χ0) is 28.1. The van der Waals surface area contributed by atoms with Crippen LogP contribution in [0.25, 0.3) is 0 Å². The van der Waals surface area contributed by atoms with Gasteiger partial charge in [-0.3, -0.25) is 0 Å². The fourth-order valence-electron chi connectivity index (χ4n) is 5.35. The van der Waals surface area contributed by atoms with Crippen molar-refractivity contribution in [2.45, 2.75) is 30.9 Å². The second-order valence-corrected chi connectivity index (χ2v) is 11.3. The lowest BCUT2D eigenvalue weighted by Crippen LogP contribution is -2.63. The summed E-state index contributed by atoms with van der Waals surface area (Å²) in [5.74, 6) is 0.610. The minimum Gasteiger partial charge on any atom is -0.741 e. The summed E-state index contributed by atoms with van der Waals surface area (Å²) in [7, 11) is -6.09. The number of quaternary nitrogens is 1. The lowest BCUT2D eigenvalue weighted by molar-refractivity contribution is -1.00. The lowest BCUT2D eigenvalue weighted by atomic mass is 9.81. The molecule has 0 atom stereocenters. The van der Waals surface area contributed by atoms with Gasteiger partial charge in [-0.25, -0.2) is 8.42 Å². The average Bonchev–Trinajstić information content (AvgIpc) is 2.89. The molecule has 39 heavy (non-hydrogen) atoms. The molecular weight excluding hydrogens is 523 g/mol. The van der Waals surface area contributed by atoms with Crippen LogP contribution in [0.2, 0.25) is 0 Å². The summed E-state index contributed by atoms with van der Waals surface area (Å²) in [5, 5.41) is 0. The third kappa shape index (κ3) is 6.95. The molecule has 0 N–H and O–H groups in total. The van der Waals surface area contributed by atoms with Crippen molar-refractivity contribution in [3.63, 3.8) is 0 Å². The molecule has 0 radical (unpaired) electrons. The Labute approximate surface area is 227 Å². The van der Waals surface area contributed by atoms with Gasteiger partial charge in [-0.15, -0.1) is 0 Å². The predicted octanol–water partition coefficient (Wildman–Crippen LogP) is 6.95. The molecule has 0 saturated carbocycles. The van der Waals surface area contributed by atoms with Crippen LogP contribution >= 0.6 is 0 Å². The summed E-state index contributed by atoms with van der Waals surface area (Å²) in [6, 6.07) is 42.7. The smallest absolute Gasteiger partial charge is 0.485 e. The van der Waals surface area contributed by atoms with E-state index in [0.29, 0.717) is 12.0 Å². The first-order chi connectivity index (χ1) is 18.5. The van der Waals surface area contributed by atoms with Gasteiger partial charge in [0, 0.05) is 16.7 Å². The highest BCUT2D eigenvalue weighted by molar-refractivity contribution is 7.86. The Balaban J connectivity index is 0.000000386. The average molecular weight is 554 g/mol. The van der Waals surface area contributed by atoms with Gasteiger partial charge in [0.25, 0.3) is 0 Å². The van der Waals surface area contributed by atoms with Crippen molar-refractivity contribution in [2.24, 2.45) is 0 Å². The van der Waals surface area contributed by atoms with Crippen LogP contribution in [-0.2, 0) is 16.7 Å². The minimum atomic E-state index is -6.09. The van der Waals surface area contributed by atoms with Crippen molar-refractivity contribution in [3.05, 3.63) is 143 Å². The summed E-state index contributed by atoms with van der Waals surface area (Å²) in [6.45, 7) is 5.54. The van der Waals surface area contributed by atoms with Crippen LogP contribution in [0.1, 0.15) is 39.8 Å². The van der Waals surface area contributed by atoms with Gasteiger partial charge in [-0.05, 0) is 12.5 Å². The number of halogens is 3. The van der Waals surface area contributed by atoms with E-state index in [1.54, 1.807) is 0 Å². The second-order valence-electron chi connectivity index (χ2n) is 9.96. The third-order valence-electron chi connectivity index (χ3n) is 7.12. The van der Waals surface area contributed by atoms with E-state index in [9.17, 15) is 13.2 Å². The van der Waals surface area contributed by atoms with E-state index in [1.165, 1.54) is 27.8 Å². The van der Waals surface area contributed by atoms with Crippen LogP contribution < -0.4 is 0 Å². The SMILES string of the molecule is Cc1ccc(C2C[N+](Cc3ccccc3)(C(c3ccccc3)c3ccccc3)C2)cc1.O=S(=O)([O-])C(F)(F)F. The Kier molecular flexibility index (Phi) is 8.59. The largest absolute Gasteiger partial charge is 0.741 e. The van der Waals surface area contributed by atoms with Crippen molar-refractivity contribution >= 4 is 10.1 Å². The van der Waals surface area contributed by atoms with Gasteiger partial charge >= 0.3 is 5.51 Å². The first-order valence-corrected chi connectivity index (χ1v) is 14.0. The van der Waals surface area contributed by atoms with E-state index >= 15 is 0 Å². The van der Waals surface area contributed by atoms with Crippen LogP contribution in [-0.4, -0.2) is 36.1 Å². The predicted molar refractivity (Wildman–Crippen MR) is 145 cm³/mol. The van der Waals surface area contributed by atoms with Crippen LogP contribution in [0.4, 0.5) is 13.2 Å². The molecule has 1 aliphatic rings. The number of alkyl halides is 3. The van der Waals surface area contributed by atoms with Gasteiger partial charge in [0.1, 0.15) is 12.6 Å². The Morgan fingerprint density at radius 3 is 1.59 bits per heavy atom. The van der Waals surface area contributed by atoms with E-state index in [2.05, 4.69) is 122 Å². The summed E-state index contributed by atoms with van der Waals surface area (Å²) < 4.78 is 60.0. The summed E-state index contributed by atoms with van der Waals surface area (Å²) in [6.07, 6.45) is 0. The van der Waals surface area contributed by atoms with Crippen LogP contribution in [0.3, 0.4) is 0 Å². The molecule has 4 aromatic carbocycles. The fraction of sp³-hybridized carbons (Fsp3) is 0.226. The number of benzene rings is 4.